The fraction of sp³-hybridized carbons (Fsp3) is 0.611. The SMILES string of the molecule is CCC[C@@H](C)NC(=O)[C@@H]1CCCN(S(=O)(=O)Cc2ccc(Cl)cc2Cl)C1. The molecule has 1 aromatic rings. The summed E-state index contributed by atoms with van der Waals surface area (Å²) in [5.74, 6) is -0.558. The van der Waals surface area contributed by atoms with Crippen LogP contribution < -0.4 is 5.32 Å². The first-order valence-electron chi connectivity index (χ1n) is 8.95. The zero-order chi connectivity index (χ0) is 19.3. The number of carbonyl (C=O) groups excluding carboxylic acids is 1. The van der Waals surface area contributed by atoms with E-state index < -0.39 is 10.0 Å². The highest BCUT2D eigenvalue weighted by atomic mass is 35.5. The molecule has 0 bridgehead atoms. The molecule has 5 nitrogen and oxygen atoms in total. The van der Waals surface area contributed by atoms with E-state index in [0.717, 1.165) is 12.8 Å². The summed E-state index contributed by atoms with van der Waals surface area (Å²) >= 11 is 12.0. The summed E-state index contributed by atoms with van der Waals surface area (Å²) in [6.45, 7) is 4.70. The summed E-state index contributed by atoms with van der Waals surface area (Å²) in [5.41, 5.74) is 0.513. The molecular weight excluding hydrogens is 395 g/mol. The molecule has 1 saturated heterocycles. The molecule has 1 heterocycles. The molecule has 0 aromatic heterocycles. The van der Waals surface area contributed by atoms with Crippen molar-refractivity contribution in [2.24, 2.45) is 5.92 Å². The van der Waals surface area contributed by atoms with Gasteiger partial charge in [0.1, 0.15) is 0 Å². The first-order valence-corrected chi connectivity index (χ1v) is 11.3. The Hall–Kier alpha value is -0.820. The van der Waals surface area contributed by atoms with Crippen molar-refractivity contribution in [2.45, 2.75) is 51.3 Å². The van der Waals surface area contributed by atoms with Crippen LogP contribution in [0, 0.1) is 5.92 Å². The topological polar surface area (TPSA) is 66.5 Å². The van der Waals surface area contributed by atoms with Gasteiger partial charge in [-0.2, -0.15) is 0 Å². The number of rotatable bonds is 7. The highest BCUT2D eigenvalue weighted by Crippen LogP contribution is 2.26. The molecular formula is C18H26Cl2N2O3S. The largest absolute Gasteiger partial charge is 0.353 e. The maximum Gasteiger partial charge on any atom is 0.224 e. The van der Waals surface area contributed by atoms with Crippen molar-refractivity contribution in [1.82, 2.24) is 9.62 Å². The van der Waals surface area contributed by atoms with E-state index >= 15 is 0 Å². The molecule has 2 atom stereocenters. The van der Waals surface area contributed by atoms with E-state index in [0.29, 0.717) is 35.0 Å². The molecule has 1 amide bonds. The number of amides is 1. The second kappa shape index (κ2) is 9.40. The Morgan fingerprint density at radius 1 is 1.38 bits per heavy atom. The zero-order valence-corrected chi connectivity index (χ0v) is 17.5. The number of hydrogen-bond donors (Lipinski definition) is 1. The fourth-order valence-corrected chi connectivity index (χ4v) is 5.40. The van der Waals surface area contributed by atoms with Gasteiger partial charge in [0.05, 0.1) is 11.7 Å². The number of nitrogens with one attached hydrogen (secondary N) is 1. The van der Waals surface area contributed by atoms with E-state index in [4.69, 9.17) is 23.2 Å². The molecule has 1 aromatic carbocycles. The predicted octanol–water partition coefficient (Wildman–Crippen LogP) is 3.84. The van der Waals surface area contributed by atoms with Gasteiger partial charge in [-0.1, -0.05) is 42.6 Å². The van der Waals surface area contributed by atoms with E-state index in [-0.39, 0.29) is 30.2 Å². The van der Waals surface area contributed by atoms with Crippen LogP contribution in [0.3, 0.4) is 0 Å². The number of sulfonamides is 1. The normalized spacial score (nSPS) is 19.9. The smallest absolute Gasteiger partial charge is 0.224 e. The average molecular weight is 421 g/mol. The second-order valence-corrected chi connectivity index (χ2v) is 9.70. The monoisotopic (exact) mass is 420 g/mol. The summed E-state index contributed by atoms with van der Waals surface area (Å²) in [5, 5.41) is 3.79. The molecule has 0 spiro atoms. The third-order valence-electron chi connectivity index (χ3n) is 4.61. The Balaban J connectivity index is 2.04. The third-order valence-corrected chi connectivity index (χ3v) is 6.99. The lowest BCUT2D eigenvalue weighted by molar-refractivity contribution is -0.126. The van der Waals surface area contributed by atoms with Gasteiger partial charge in [-0.15, -0.1) is 0 Å². The van der Waals surface area contributed by atoms with E-state index in [2.05, 4.69) is 12.2 Å². The van der Waals surface area contributed by atoms with Gasteiger partial charge in [-0.05, 0) is 43.9 Å². The molecule has 8 heteroatoms. The lowest BCUT2D eigenvalue weighted by atomic mass is 9.98. The van der Waals surface area contributed by atoms with E-state index in [9.17, 15) is 13.2 Å². The Morgan fingerprint density at radius 2 is 2.12 bits per heavy atom. The highest BCUT2D eigenvalue weighted by Gasteiger charge is 2.33. The van der Waals surface area contributed by atoms with Gasteiger partial charge in [-0.3, -0.25) is 4.79 Å². The van der Waals surface area contributed by atoms with Crippen LogP contribution in [0.25, 0.3) is 0 Å². The van der Waals surface area contributed by atoms with Crippen LogP contribution in [-0.2, 0) is 20.6 Å². The molecule has 0 aliphatic carbocycles. The Morgan fingerprint density at radius 3 is 2.77 bits per heavy atom. The number of nitrogens with zero attached hydrogens (tertiary/aromatic N) is 1. The second-order valence-electron chi connectivity index (χ2n) is 6.89. The first-order chi connectivity index (χ1) is 12.2. The molecule has 0 radical (unpaired) electrons. The number of hydrogen-bond acceptors (Lipinski definition) is 3. The lowest BCUT2D eigenvalue weighted by Crippen LogP contribution is -2.47. The van der Waals surface area contributed by atoms with Crippen LogP contribution in [-0.4, -0.2) is 37.8 Å². The standard InChI is InChI=1S/C18H26Cl2N2O3S/c1-3-5-13(2)21-18(23)14-6-4-9-22(11-14)26(24,25)12-15-7-8-16(19)10-17(15)20/h7-8,10,13-14H,3-6,9,11-12H2,1-2H3,(H,21,23)/t13-,14-/m1/s1. The Bertz CT molecular complexity index is 740. The summed E-state index contributed by atoms with van der Waals surface area (Å²) in [6, 6.07) is 4.89. The lowest BCUT2D eigenvalue weighted by Gasteiger charge is -2.32. The van der Waals surface area contributed by atoms with Gasteiger partial charge >= 0.3 is 0 Å². The van der Waals surface area contributed by atoms with Crippen molar-refractivity contribution in [3.63, 3.8) is 0 Å². The maximum absolute atomic E-state index is 12.8. The molecule has 1 aliphatic heterocycles. The number of halogens is 2. The molecule has 2 rings (SSSR count). The van der Waals surface area contributed by atoms with Crippen molar-refractivity contribution in [2.75, 3.05) is 13.1 Å². The molecule has 1 N–H and O–H groups in total. The fourth-order valence-electron chi connectivity index (χ4n) is 3.20. The van der Waals surface area contributed by atoms with Crippen LogP contribution in [0.2, 0.25) is 10.0 Å². The number of piperidine rings is 1. The van der Waals surface area contributed by atoms with Crippen LogP contribution in [0.15, 0.2) is 18.2 Å². The molecule has 146 valence electrons. The molecule has 0 saturated carbocycles. The van der Waals surface area contributed by atoms with Crippen molar-refractivity contribution >= 4 is 39.1 Å². The highest BCUT2D eigenvalue weighted by molar-refractivity contribution is 7.88. The van der Waals surface area contributed by atoms with E-state index in [1.807, 2.05) is 6.92 Å². The minimum absolute atomic E-state index is 0.0598. The Kier molecular flexibility index (Phi) is 7.76. The van der Waals surface area contributed by atoms with Crippen molar-refractivity contribution in [1.29, 1.82) is 0 Å². The molecule has 1 fully saturated rings. The van der Waals surface area contributed by atoms with Gasteiger partial charge in [0.15, 0.2) is 0 Å². The van der Waals surface area contributed by atoms with Gasteiger partial charge < -0.3 is 5.32 Å². The van der Waals surface area contributed by atoms with Crippen LogP contribution in [0.4, 0.5) is 0 Å². The van der Waals surface area contributed by atoms with Gasteiger partial charge in [0.25, 0.3) is 0 Å². The third kappa shape index (κ3) is 5.84. The van der Waals surface area contributed by atoms with Gasteiger partial charge in [0.2, 0.25) is 15.9 Å². The maximum atomic E-state index is 12.8. The molecule has 26 heavy (non-hydrogen) atoms. The van der Waals surface area contributed by atoms with Gasteiger partial charge in [-0.25, -0.2) is 12.7 Å². The average Bonchev–Trinajstić information content (AvgIpc) is 2.57. The van der Waals surface area contributed by atoms with E-state index in [1.165, 1.54) is 10.4 Å². The van der Waals surface area contributed by atoms with Crippen LogP contribution in [0.1, 0.15) is 45.1 Å². The summed E-state index contributed by atoms with van der Waals surface area (Å²) in [4.78, 5) is 12.4. The quantitative estimate of drug-likeness (QED) is 0.728. The molecule has 0 unspecified atom stereocenters. The van der Waals surface area contributed by atoms with Crippen LogP contribution in [0.5, 0.6) is 0 Å². The van der Waals surface area contributed by atoms with Crippen molar-refractivity contribution < 1.29 is 13.2 Å². The number of benzene rings is 1. The molecule has 1 aliphatic rings. The summed E-state index contributed by atoms with van der Waals surface area (Å²) in [6.07, 6.45) is 3.29. The van der Waals surface area contributed by atoms with Gasteiger partial charge in [0, 0.05) is 29.2 Å². The zero-order valence-electron chi connectivity index (χ0n) is 15.2. The predicted molar refractivity (Wildman–Crippen MR) is 106 cm³/mol. The summed E-state index contributed by atoms with van der Waals surface area (Å²) in [7, 11) is -3.55. The minimum Gasteiger partial charge on any atom is -0.353 e. The summed E-state index contributed by atoms with van der Waals surface area (Å²) < 4.78 is 27.0. The minimum atomic E-state index is -3.55. The number of carbonyl (C=O) groups is 1. The van der Waals surface area contributed by atoms with Crippen LogP contribution >= 0.6 is 23.2 Å². The van der Waals surface area contributed by atoms with E-state index in [1.54, 1.807) is 12.1 Å². The van der Waals surface area contributed by atoms with Crippen molar-refractivity contribution in [3.05, 3.63) is 33.8 Å². The first kappa shape index (κ1) is 21.5. The van der Waals surface area contributed by atoms with Crippen molar-refractivity contribution in [3.8, 4) is 0 Å². The Labute approximate surface area is 166 Å².